The Kier molecular flexibility index (Phi) is 2.79. The Morgan fingerprint density at radius 1 is 1.47 bits per heavy atom. The van der Waals surface area contributed by atoms with Crippen LogP contribution in [0.15, 0.2) is 6.20 Å². The van der Waals surface area contributed by atoms with E-state index in [0.717, 1.165) is 22.9 Å². The third kappa shape index (κ3) is 1.91. The van der Waals surface area contributed by atoms with Crippen molar-refractivity contribution in [3.05, 3.63) is 22.5 Å². The molecule has 2 N–H and O–H groups in total. The summed E-state index contributed by atoms with van der Waals surface area (Å²) in [5.41, 5.74) is 7.57. The largest absolute Gasteiger partial charge is 0.330 e. The zero-order valence-corrected chi connectivity index (χ0v) is 9.58. The van der Waals surface area contributed by atoms with E-state index in [0.29, 0.717) is 6.54 Å². The van der Waals surface area contributed by atoms with E-state index < -0.39 is 0 Å². The summed E-state index contributed by atoms with van der Waals surface area (Å²) in [4.78, 5) is 5.64. The fourth-order valence-corrected chi connectivity index (χ4v) is 2.17. The maximum Gasteiger partial charge on any atom is 0.212 e. The lowest BCUT2D eigenvalue weighted by Crippen LogP contribution is -2.08. The third-order valence-corrected chi connectivity index (χ3v) is 3.27. The van der Waals surface area contributed by atoms with E-state index in [1.807, 2.05) is 6.92 Å². The first kappa shape index (κ1) is 10.3. The third-order valence-electron chi connectivity index (χ3n) is 2.22. The van der Waals surface area contributed by atoms with Crippen molar-refractivity contribution < 1.29 is 0 Å². The number of hydrogen-bond donors (Lipinski definition) is 1. The molecule has 2 aromatic heterocycles. The van der Waals surface area contributed by atoms with Crippen molar-refractivity contribution >= 4 is 11.3 Å². The summed E-state index contributed by atoms with van der Waals surface area (Å²) in [7, 11) is 0. The predicted octanol–water partition coefficient (Wildman–Crippen LogP) is 0.842. The molecule has 80 valence electrons. The average molecular weight is 223 g/mol. The van der Waals surface area contributed by atoms with Crippen LogP contribution in [0.3, 0.4) is 0 Å². The molecule has 2 rings (SSSR count). The van der Waals surface area contributed by atoms with Crippen LogP contribution in [-0.4, -0.2) is 26.5 Å². The SMILES string of the molecule is Cc1nc(-n2nncc2CCN)sc1C. The fraction of sp³-hybridized carbons (Fsp3) is 0.444. The van der Waals surface area contributed by atoms with Gasteiger partial charge in [0.1, 0.15) is 0 Å². The maximum atomic E-state index is 5.52. The van der Waals surface area contributed by atoms with Gasteiger partial charge in [0.2, 0.25) is 5.13 Å². The van der Waals surface area contributed by atoms with Gasteiger partial charge < -0.3 is 5.73 Å². The molecule has 0 unspecified atom stereocenters. The summed E-state index contributed by atoms with van der Waals surface area (Å²) in [6, 6.07) is 0. The van der Waals surface area contributed by atoms with Crippen molar-refractivity contribution in [1.82, 2.24) is 20.0 Å². The summed E-state index contributed by atoms with van der Waals surface area (Å²) in [6.07, 6.45) is 2.50. The average Bonchev–Trinajstić information content (AvgIpc) is 2.76. The molecular formula is C9H13N5S. The Hall–Kier alpha value is -1.27. The highest BCUT2D eigenvalue weighted by molar-refractivity contribution is 7.14. The van der Waals surface area contributed by atoms with Crippen LogP contribution >= 0.6 is 11.3 Å². The lowest BCUT2D eigenvalue weighted by atomic mass is 10.3. The number of hydrogen-bond acceptors (Lipinski definition) is 5. The van der Waals surface area contributed by atoms with Crippen molar-refractivity contribution in [2.45, 2.75) is 20.3 Å². The van der Waals surface area contributed by atoms with Crippen LogP contribution in [-0.2, 0) is 6.42 Å². The molecular weight excluding hydrogens is 210 g/mol. The van der Waals surface area contributed by atoms with Crippen molar-refractivity contribution in [1.29, 1.82) is 0 Å². The molecule has 0 aromatic carbocycles. The molecule has 0 saturated heterocycles. The van der Waals surface area contributed by atoms with Crippen LogP contribution in [0.2, 0.25) is 0 Å². The van der Waals surface area contributed by atoms with Gasteiger partial charge in [0.15, 0.2) is 0 Å². The second kappa shape index (κ2) is 4.08. The van der Waals surface area contributed by atoms with Gasteiger partial charge in [-0.25, -0.2) is 4.98 Å². The van der Waals surface area contributed by atoms with Crippen molar-refractivity contribution in [3.8, 4) is 5.13 Å². The summed E-state index contributed by atoms with van der Waals surface area (Å²) < 4.78 is 1.76. The molecule has 0 saturated carbocycles. The topological polar surface area (TPSA) is 69.6 Å². The highest BCUT2D eigenvalue weighted by atomic mass is 32.1. The van der Waals surface area contributed by atoms with Crippen molar-refractivity contribution in [2.75, 3.05) is 6.54 Å². The highest BCUT2D eigenvalue weighted by Crippen LogP contribution is 2.20. The smallest absolute Gasteiger partial charge is 0.212 e. The normalized spacial score (nSPS) is 10.9. The molecule has 0 bridgehead atoms. The molecule has 2 heterocycles. The van der Waals surface area contributed by atoms with Crippen LogP contribution in [0.25, 0.3) is 5.13 Å². The summed E-state index contributed by atoms with van der Waals surface area (Å²) in [6.45, 7) is 4.64. The first-order valence-electron chi connectivity index (χ1n) is 4.76. The van der Waals surface area contributed by atoms with Crippen LogP contribution in [0, 0.1) is 13.8 Å². The maximum absolute atomic E-state index is 5.52. The van der Waals surface area contributed by atoms with Crippen LogP contribution in [0.4, 0.5) is 0 Å². The minimum Gasteiger partial charge on any atom is -0.330 e. The van der Waals surface area contributed by atoms with Crippen LogP contribution in [0.5, 0.6) is 0 Å². The Labute approximate surface area is 91.9 Å². The van der Waals surface area contributed by atoms with Gasteiger partial charge in [0, 0.05) is 11.3 Å². The molecule has 2 aromatic rings. The van der Waals surface area contributed by atoms with E-state index in [-0.39, 0.29) is 0 Å². The van der Waals surface area contributed by atoms with Gasteiger partial charge in [-0.15, -0.1) is 5.10 Å². The molecule has 6 heteroatoms. The molecule has 0 amide bonds. The zero-order chi connectivity index (χ0) is 10.8. The molecule has 0 atom stereocenters. The lowest BCUT2D eigenvalue weighted by Gasteiger charge is -1.99. The first-order valence-corrected chi connectivity index (χ1v) is 5.58. The second-order valence-corrected chi connectivity index (χ2v) is 4.50. The van der Waals surface area contributed by atoms with E-state index in [2.05, 4.69) is 22.2 Å². The van der Waals surface area contributed by atoms with Gasteiger partial charge in [0.05, 0.1) is 17.6 Å². The number of nitrogens with zero attached hydrogens (tertiary/aromatic N) is 4. The minimum atomic E-state index is 0.594. The van der Waals surface area contributed by atoms with E-state index in [9.17, 15) is 0 Å². The molecule has 0 aliphatic carbocycles. The molecule has 0 aliphatic heterocycles. The molecule has 5 nitrogen and oxygen atoms in total. The molecule has 0 spiro atoms. The summed E-state index contributed by atoms with van der Waals surface area (Å²) in [5, 5.41) is 8.77. The lowest BCUT2D eigenvalue weighted by molar-refractivity contribution is 0.748. The van der Waals surface area contributed by atoms with Crippen molar-refractivity contribution in [3.63, 3.8) is 0 Å². The van der Waals surface area contributed by atoms with Crippen molar-refractivity contribution in [2.24, 2.45) is 5.73 Å². The number of aromatic nitrogens is 4. The summed E-state index contributed by atoms with van der Waals surface area (Å²) in [5.74, 6) is 0. The fourth-order valence-electron chi connectivity index (χ4n) is 1.28. The molecule has 15 heavy (non-hydrogen) atoms. The second-order valence-electron chi connectivity index (χ2n) is 3.31. The van der Waals surface area contributed by atoms with Gasteiger partial charge in [-0.2, -0.15) is 4.68 Å². The standard InChI is InChI=1S/C9H13N5S/c1-6-7(2)15-9(12-6)14-8(3-4-10)5-11-13-14/h5H,3-4,10H2,1-2H3. The quantitative estimate of drug-likeness (QED) is 0.837. The number of thiazole rings is 1. The Morgan fingerprint density at radius 3 is 2.87 bits per heavy atom. The van der Waals surface area contributed by atoms with Crippen LogP contribution in [0.1, 0.15) is 16.3 Å². The van der Waals surface area contributed by atoms with Gasteiger partial charge in [0.25, 0.3) is 0 Å². The molecule has 0 radical (unpaired) electrons. The zero-order valence-electron chi connectivity index (χ0n) is 8.77. The monoisotopic (exact) mass is 223 g/mol. The van der Waals surface area contributed by atoms with Crippen LogP contribution < -0.4 is 5.73 Å². The predicted molar refractivity (Wildman–Crippen MR) is 59.3 cm³/mol. The minimum absolute atomic E-state index is 0.594. The molecule has 0 aliphatic rings. The Bertz CT molecular complexity index is 439. The van der Waals surface area contributed by atoms with Gasteiger partial charge in [-0.05, 0) is 20.4 Å². The molecule has 0 fully saturated rings. The number of rotatable bonds is 3. The van der Waals surface area contributed by atoms with Gasteiger partial charge in [-0.3, -0.25) is 0 Å². The Morgan fingerprint density at radius 2 is 2.27 bits per heavy atom. The Balaban J connectivity index is 2.40. The van der Waals surface area contributed by atoms with E-state index in [4.69, 9.17) is 5.73 Å². The van der Waals surface area contributed by atoms with E-state index in [1.54, 1.807) is 22.2 Å². The van der Waals surface area contributed by atoms with Gasteiger partial charge in [-0.1, -0.05) is 16.6 Å². The number of nitrogens with two attached hydrogens (primary N) is 1. The highest BCUT2D eigenvalue weighted by Gasteiger charge is 2.10. The number of aryl methyl sites for hydroxylation is 2. The summed E-state index contributed by atoms with van der Waals surface area (Å²) >= 11 is 1.62. The van der Waals surface area contributed by atoms with Gasteiger partial charge >= 0.3 is 0 Å². The van der Waals surface area contributed by atoms with E-state index in [1.165, 1.54) is 4.88 Å². The van der Waals surface area contributed by atoms with E-state index >= 15 is 0 Å². The first-order chi connectivity index (χ1) is 7.22.